The van der Waals surface area contributed by atoms with Crippen LogP contribution in [-0.2, 0) is 19.9 Å². The lowest BCUT2D eigenvalue weighted by molar-refractivity contribution is -0.191. The van der Waals surface area contributed by atoms with Crippen molar-refractivity contribution < 1.29 is 14.4 Å². The molecule has 0 radical (unpaired) electrons. The van der Waals surface area contributed by atoms with Gasteiger partial charge in [-0.3, -0.25) is 4.79 Å². The number of carbonyl (C=O) groups excluding carboxylic acids is 3. The normalized spacial score (nSPS) is 14.2. The molecule has 4 rings (SSSR count). The lowest BCUT2D eigenvalue weighted by Gasteiger charge is -2.31. The fourth-order valence-electron chi connectivity index (χ4n) is 4.22. The third-order valence-electron chi connectivity index (χ3n) is 5.91. The number of nitriles is 1. The molecule has 0 bridgehead atoms. The monoisotopic (exact) mass is 451 g/mol. The minimum Gasteiger partial charge on any atom is -0.342 e. The molecular formula is C28H25N3O3. The highest BCUT2D eigenvalue weighted by Gasteiger charge is 2.37. The molecule has 0 atom stereocenters. The lowest BCUT2D eigenvalue weighted by atomic mass is 9.88. The maximum Gasteiger partial charge on any atom is 0.373 e. The Labute approximate surface area is 199 Å². The van der Waals surface area contributed by atoms with Crippen LogP contribution in [0.25, 0.3) is 17.3 Å². The zero-order valence-electron chi connectivity index (χ0n) is 19.0. The number of aryl methyl sites for hydroxylation is 1. The van der Waals surface area contributed by atoms with Crippen molar-refractivity contribution in [3.63, 3.8) is 0 Å². The molecule has 170 valence electrons. The molecule has 1 saturated carbocycles. The highest BCUT2D eigenvalue weighted by Crippen LogP contribution is 2.38. The van der Waals surface area contributed by atoms with E-state index >= 15 is 0 Å². The van der Waals surface area contributed by atoms with Crippen LogP contribution in [0.4, 0.5) is 0 Å². The van der Waals surface area contributed by atoms with E-state index in [2.05, 4.69) is 16.4 Å². The summed E-state index contributed by atoms with van der Waals surface area (Å²) in [5, 5.41) is 12.9. The van der Waals surface area contributed by atoms with Crippen molar-refractivity contribution in [2.75, 3.05) is 0 Å². The molecule has 0 aliphatic heterocycles. The van der Waals surface area contributed by atoms with E-state index in [0.29, 0.717) is 5.69 Å². The molecule has 6 heteroatoms. The van der Waals surface area contributed by atoms with E-state index in [9.17, 15) is 10.1 Å². The van der Waals surface area contributed by atoms with Crippen molar-refractivity contribution in [3.8, 4) is 17.3 Å². The van der Waals surface area contributed by atoms with Crippen molar-refractivity contribution in [1.82, 2.24) is 10.3 Å². The Bertz CT molecular complexity index is 1230. The van der Waals surface area contributed by atoms with Crippen LogP contribution in [0.1, 0.15) is 42.5 Å². The number of hydrogen-bond donors (Lipinski definition) is 1. The van der Waals surface area contributed by atoms with Crippen molar-refractivity contribution in [2.24, 2.45) is 0 Å². The van der Waals surface area contributed by atoms with Crippen LogP contribution in [0.2, 0.25) is 0 Å². The molecule has 0 spiro atoms. The highest BCUT2D eigenvalue weighted by atomic mass is 16.2. The molecule has 2 aromatic carbocycles. The Morgan fingerprint density at radius 2 is 1.62 bits per heavy atom. The van der Waals surface area contributed by atoms with Crippen molar-refractivity contribution in [3.05, 3.63) is 95.2 Å². The number of nitrogens with one attached hydrogen (secondary N) is 1. The molecule has 1 heterocycles. The number of hydrogen-bond acceptors (Lipinski definition) is 5. The maximum atomic E-state index is 13.1. The van der Waals surface area contributed by atoms with Crippen LogP contribution < -0.4 is 5.32 Å². The lowest BCUT2D eigenvalue weighted by Crippen LogP contribution is -2.44. The van der Waals surface area contributed by atoms with Crippen LogP contribution in [-0.4, -0.2) is 17.0 Å². The van der Waals surface area contributed by atoms with Crippen LogP contribution >= 0.6 is 0 Å². The van der Waals surface area contributed by atoms with Gasteiger partial charge in [0.15, 0.2) is 0 Å². The topological polar surface area (TPSA) is 99.9 Å². The summed E-state index contributed by atoms with van der Waals surface area (Å²) in [5.41, 5.74) is 4.33. The van der Waals surface area contributed by atoms with Crippen molar-refractivity contribution >= 4 is 18.1 Å². The Kier molecular flexibility index (Phi) is 8.23. The minimum atomic E-state index is -0.411. The fraction of sp³-hybridized carbons (Fsp3) is 0.214. The molecule has 0 saturated heterocycles. The third-order valence-corrected chi connectivity index (χ3v) is 5.91. The van der Waals surface area contributed by atoms with Gasteiger partial charge in [0, 0.05) is 5.56 Å². The van der Waals surface area contributed by atoms with Gasteiger partial charge in [0.05, 0.1) is 16.9 Å². The van der Waals surface area contributed by atoms with E-state index in [4.69, 9.17) is 9.59 Å². The van der Waals surface area contributed by atoms with Gasteiger partial charge >= 0.3 is 6.15 Å². The van der Waals surface area contributed by atoms with Gasteiger partial charge in [-0.25, -0.2) is 4.98 Å². The maximum absolute atomic E-state index is 13.1. The number of benzene rings is 2. The van der Waals surface area contributed by atoms with E-state index in [0.717, 1.165) is 42.5 Å². The largest absolute Gasteiger partial charge is 0.373 e. The molecule has 1 fully saturated rings. The van der Waals surface area contributed by atoms with E-state index in [1.54, 1.807) is 6.08 Å². The van der Waals surface area contributed by atoms with Crippen molar-refractivity contribution in [1.29, 1.82) is 5.26 Å². The SMILES string of the molecule is Cc1ccc(-c2cccc(/C=C(\C#N)C(=O)NC3(c4ccccc4)CCCC3)n2)cc1.O=C=O. The van der Waals surface area contributed by atoms with E-state index in [1.165, 1.54) is 5.56 Å². The molecule has 1 N–H and O–H groups in total. The average molecular weight is 452 g/mol. The van der Waals surface area contributed by atoms with Crippen LogP contribution in [0.5, 0.6) is 0 Å². The number of pyridine rings is 1. The van der Waals surface area contributed by atoms with E-state index in [-0.39, 0.29) is 17.6 Å². The summed E-state index contributed by atoms with van der Waals surface area (Å²) in [7, 11) is 0. The van der Waals surface area contributed by atoms with Crippen LogP contribution in [0, 0.1) is 18.3 Å². The van der Waals surface area contributed by atoms with Gasteiger partial charge in [-0.1, -0.05) is 79.1 Å². The smallest absolute Gasteiger partial charge is 0.342 e. The number of amides is 1. The second-order valence-corrected chi connectivity index (χ2v) is 8.18. The number of nitrogens with zero attached hydrogens (tertiary/aromatic N) is 2. The molecule has 6 nitrogen and oxygen atoms in total. The van der Waals surface area contributed by atoms with Gasteiger partial charge < -0.3 is 5.32 Å². The van der Waals surface area contributed by atoms with Gasteiger partial charge in [-0.05, 0) is 43.5 Å². The first-order valence-corrected chi connectivity index (χ1v) is 11.0. The minimum absolute atomic E-state index is 0.0655. The number of aromatic nitrogens is 1. The Balaban J connectivity index is 0.00000103. The third kappa shape index (κ3) is 5.92. The number of carbonyl (C=O) groups is 1. The summed E-state index contributed by atoms with van der Waals surface area (Å²) < 4.78 is 0. The summed E-state index contributed by atoms with van der Waals surface area (Å²) in [6.45, 7) is 2.04. The molecule has 1 amide bonds. The summed E-state index contributed by atoms with van der Waals surface area (Å²) in [6, 6.07) is 25.9. The predicted octanol–water partition coefficient (Wildman–Crippen LogP) is 4.97. The zero-order chi connectivity index (χ0) is 24.4. The van der Waals surface area contributed by atoms with Crippen LogP contribution in [0.3, 0.4) is 0 Å². The first-order valence-electron chi connectivity index (χ1n) is 11.0. The summed E-state index contributed by atoms with van der Waals surface area (Å²) in [4.78, 5) is 34.0. The van der Waals surface area contributed by atoms with Gasteiger partial charge in [0.1, 0.15) is 11.6 Å². The second-order valence-electron chi connectivity index (χ2n) is 8.18. The fourth-order valence-corrected chi connectivity index (χ4v) is 4.22. The molecule has 3 aromatic rings. The first kappa shape index (κ1) is 24.3. The Hall–Kier alpha value is -4.33. The highest BCUT2D eigenvalue weighted by molar-refractivity contribution is 6.02. The van der Waals surface area contributed by atoms with Crippen LogP contribution in [0.15, 0.2) is 78.4 Å². The average Bonchev–Trinajstić information content (AvgIpc) is 3.34. The quantitative estimate of drug-likeness (QED) is 0.436. The van der Waals surface area contributed by atoms with Crippen molar-refractivity contribution in [2.45, 2.75) is 38.1 Å². The van der Waals surface area contributed by atoms with E-state index in [1.807, 2.05) is 79.7 Å². The predicted molar refractivity (Wildman–Crippen MR) is 128 cm³/mol. The molecule has 0 unspecified atom stereocenters. The molecule has 1 aromatic heterocycles. The molecule has 1 aliphatic rings. The summed E-state index contributed by atoms with van der Waals surface area (Å²) in [6.07, 6.45) is 5.69. The van der Waals surface area contributed by atoms with Gasteiger partial charge in [0.25, 0.3) is 5.91 Å². The Morgan fingerprint density at radius 3 is 2.24 bits per heavy atom. The van der Waals surface area contributed by atoms with Gasteiger partial charge in [-0.2, -0.15) is 14.9 Å². The van der Waals surface area contributed by atoms with Gasteiger partial charge in [0.2, 0.25) is 0 Å². The van der Waals surface area contributed by atoms with E-state index < -0.39 is 5.54 Å². The number of rotatable bonds is 5. The molecule has 34 heavy (non-hydrogen) atoms. The zero-order valence-corrected chi connectivity index (χ0v) is 19.0. The standard InChI is InChI=1S/C27H25N3O.CO2/c1-20-12-14-21(15-13-20)25-11-7-10-24(29-25)18-22(19-28)26(31)30-27(16-5-6-17-27)23-8-3-2-4-9-23;2-1-3/h2-4,7-15,18H,5-6,16-17H2,1H3,(H,30,31);/b22-18+;. The summed E-state index contributed by atoms with van der Waals surface area (Å²) >= 11 is 0. The second kappa shape index (κ2) is 11.5. The summed E-state index contributed by atoms with van der Waals surface area (Å²) in [5.74, 6) is -0.351. The Morgan fingerprint density at radius 1 is 0.971 bits per heavy atom. The van der Waals surface area contributed by atoms with Gasteiger partial charge in [-0.15, -0.1) is 0 Å². The molecular weight excluding hydrogens is 426 g/mol. The first-order chi connectivity index (χ1) is 16.5. The molecule has 1 aliphatic carbocycles.